The third kappa shape index (κ3) is 2.72. The molecule has 1 aromatic heterocycles. The molecule has 0 spiro atoms. The lowest BCUT2D eigenvalue weighted by Gasteiger charge is -2.38. The van der Waals surface area contributed by atoms with Crippen molar-refractivity contribution in [2.75, 3.05) is 26.7 Å². The second kappa shape index (κ2) is 5.59. The van der Waals surface area contributed by atoms with Gasteiger partial charge in [-0.25, -0.2) is 13.4 Å². The van der Waals surface area contributed by atoms with Gasteiger partial charge in [0, 0.05) is 19.6 Å². The van der Waals surface area contributed by atoms with Gasteiger partial charge in [-0.05, 0) is 12.6 Å². The Balaban J connectivity index is 1.99. The number of hydrogen-bond acceptors (Lipinski definition) is 4. The highest BCUT2D eigenvalue weighted by molar-refractivity contribution is 7.89. The number of nitrogens with zero attached hydrogens (tertiary/aromatic N) is 3. The van der Waals surface area contributed by atoms with Gasteiger partial charge in [-0.15, -0.1) is 0 Å². The molecule has 3 rings (SSSR count). The molecule has 1 unspecified atom stereocenters. The number of piperazine rings is 1. The third-order valence-electron chi connectivity index (χ3n) is 3.78. The van der Waals surface area contributed by atoms with Crippen LogP contribution in [0.1, 0.15) is 11.6 Å². The molecule has 1 fully saturated rings. The molecule has 6 nitrogen and oxygen atoms in total. The predicted molar refractivity (Wildman–Crippen MR) is 79.2 cm³/mol. The Kier molecular flexibility index (Phi) is 3.79. The summed E-state index contributed by atoms with van der Waals surface area (Å²) in [5.41, 5.74) is 1.01. The molecular weight excluding hydrogens is 288 g/mol. The molecule has 1 atom stereocenters. The highest BCUT2D eigenvalue weighted by Crippen LogP contribution is 2.29. The SMILES string of the molecule is CN1CCN(S(=O)(=O)c2cnc[nH]2)C(c2ccccc2)C1. The van der Waals surface area contributed by atoms with Crippen molar-refractivity contribution in [3.8, 4) is 0 Å². The Bertz CT molecular complexity index is 685. The molecule has 0 amide bonds. The molecule has 21 heavy (non-hydrogen) atoms. The van der Waals surface area contributed by atoms with Crippen molar-refractivity contribution in [1.82, 2.24) is 19.2 Å². The van der Waals surface area contributed by atoms with Crippen LogP contribution in [0.5, 0.6) is 0 Å². The van der Waals surface area contributed by atoms with Gasteiger partial charge in [-0.3, -0.25) is 0 Å². The van der Waals surface area contributed by atoms with Crippen LogP contribution >= 0.6 is 0 Å². The summed E-state index contributed by atoms with van der Waals surface area (Å²) in [5, 5.41) is 0.146. The summed E-state index contributed by atoms with van der Waals surface area (Å²) in [4.78, 5) is 8.68. The second-order valence-corrected chi connectivity index (χ2v) is 7.08. The monoisotopic (exact) mass is 306 g/mol. The van der Waals surface area contributed by atoms with Gasteiger partial charge in [0.25, 0.3) is 10.0 Å². The van der Waals surface area contributed by atoms with Crippen LogP contribution in [-0.2, 0) is 10.0 Å². The van der Waals surface area contributed by atoms with Crippen LogP contribution in [0, 0.1) is 0 Å². The first-order valence-electron chi connectivity index (χ1n) is 6.83. The minimum atomic E-state index is -3.55. The summed E-state index contributed by atoms with van der Waals surface area (Å²) < 4.78 is 27.1. The summed E-state index contributed by atoms with van der Waals surface area (Å²) in [6.07, 6.45) is 2.75. The maximum Gasteiger partial charge on any atom is 0.260 e. The number of benzene rings is 1. The Morgan fingerprint density at radius 3 is 2.67 bits per heavy atom. The largest absolute Gasteiger partial charge is 0.335 e. The first-order chi connectivity index (χ1) is 10.1. The van der Waals surface area contributed by atoms with E-state index in [1.165, 1.54) is 12.5 Å². The van der Waals surface area contributed by atoms with Crippen LogP contribution in [0.15, 0.2) is 47.9 Å². The van der Waals surface area contributed by atoms with E-state index in [4.69, 9.17) is 0 Å². The van der Waals surface area contributed by atoms with Crippen molar-refractivity contribution in [2.24, 2.45) is 0 Å². The normalized spacial score (nSPS) is 21.5. The fourth-order valence-corrected chi connectivity index (χ4v) is 4.14. The van der Waals surface area contributed by atoms with Crippen LogP contribution in [0.3, 0.4) is 0 Å². The summed E-state index contributed by atoms with van der Waals surface area (Å²) in [5.74, 6) is 0. The standard InChI is InChI=1S/C14H18N4O2S/c1-17-7-8-18(21(19,20)14-9-15-11-16-14)13(10-17)12-5-3-2-4-6-12/h2-6,9,11,13H,7-8,10H2,1H3,(H,15,16). The molecule has 0 saturated carbocycles. The molecule has 2 aromatic rings. The fraction of sp³-hybridized carbons (Fsp3) is 0.357. The number of rotatable bonds is 3. The highest BCUT2D eigenvalue weighted by Gasteiger charge is 2.36. The molecule has 0 bridgehead atoms. The Morgan fingerprint density at radius 2 is 2.00 bits per heavy atom. The van der Waals surface area contributed by atoms with Gasteiger partial charge >= 0.3 is 0 Å². The maximum absolute atomic E-state index is 12.8. The summed E-state index contributed by atoms with van der Waals surface area (Å²) in [6, 6.07) is 9.57. The van der Waals surface area contributed by atoms with Crippen molar-refractivity contribution in [1.29, 1.82) is 0 Å². The quantitative estimate of drug-likeness (QED) is 0.921. The molecule has 2 heterocycles. The van der Waals surface area contributed by atoms with Gasteiger partial charge < -0.3 is 9.88 Å². The Morgan fingerprint density at radius 1 is 1.24 bits per heavy atom. The van der Waals surface area contributed by atoms with Crippen molar-refractivity contribution >= 4 is 10.0 Å². The van der Waals surface area contributed by atoms with E-state index in [1.54, 1.807) is 4.31 Å². The lowest BCUT2D eigenvalue weighted by Crippen LogP contribution is -2.49. The lowest BCUT2D eigenvalue weighted by molar-refractivity contribution is 0.160. The molecule has 1 aliphatic heterocycles. The zero-order valence-electron chi connectivity index (χ0n) is 11.8. The van der Waals surface area contributed by atoms with Gasteiger partial charge in [0.05, 0.1) is 18.6 Å². The fourth-order valence-electron chi connectivity index (χ4n) is 2.65. The number of nitrogens with one attached hydrogen (secondary N) is 1. The molecule has 1 aromatic carbocycles. The van der Waals surface area contributed by atoms with Crippen molar-refractivity contribution in [2.45, 2.75) is 11.1 Å². The van der Waals surface area contributed by atoms with E-state index < -0.39 is 10.0 Å². The third-order valence-corrected chi connectivity index (χ3v) is 5.61. The van der Waals surface area contributed by atoms with Crippen molar-refractivity contribution in [3.63, 3.8) is 0 Å². The molecule has 1 N–H and O–H groups in total. The van der Waals surface area contributed by atoms with Crippen LogP contribution in [0.4, 0.5) is 0 Å². The number of imidazole rings is 1. The molecule has 0 radical (unpaired) electrons. The molecule has 0 aliphatic carbocycles. The smallest absolute Gasteiger partial charge is 0.260 e. The van der Waals surface area contributed by atoms with E-state index in [0.717, 1.165) is 12.1 Å². The molecular formula is C14H18N4O2S. The average Bonchev–Trinajstić information content (AvgIpc) is 3.03. The van der Waals surface area contributed by atoms with Gasteiger partial charge in [-0.1, -0.05) is 30.3 Å². The summed E-state index contributed by atoms with van der Waals surface area (Å²) in [7, 11) is -1.54. The topological polar surface area (TPSA) is 69.3 Å². The Hall–Kier alpha value is -1.70. The van der Waals surface area contributed by atoms with Crippen LogP contribution in [-0.4, -0.2) is 54.3 Å². The lowest BCUT2D eigenvalue weighted by atomic mass is 10.1. The van der Waals surface area contributed by atoms with E-state index in [-0.39, 0.29) is 11.1 Å². The van der Waals surface area contributed by atoms with Gasteiger partial charge in [0.15, 0.2) is 5.03 Å². The van der Waals surface area contributed by atoms with Gasteiger partial charge in [0.1, 0.15) is 0 Å². The number of hydrogen-bond donors (Lipinski definition) is 1. The maximum atomic E-state index is 12.8. The Labute approximate surface area is 124 Å². The minimum absolute atomic E-state index is 0.146. The van der Waals surface area contributed by atoms with E-state index in [9.17, 15) is 8.42 Å². The van der Waals surface area contributed by atoms with E-state index in [1.807, 2.05) is 37.4 Å². The van der Waals surface area contributed by atoms with E-state index in [0.29, 0.717) is 13.1 Å². The molecule has 1 aliphatic rings. The number of aromatic amines is 1. The predicted octanol–water partition coefficient (Wildman–Crippen LogP) is 1.09. The number of H-pyrrole nitrogens is 1. The zero-order valence-corrected chi connectivity index (χ0v) is 12.6. The molecule has 112 valence electrons. The molecule has 7 heteroatoms. The van der Waals surface area contributed by atoms with Crippen molar-refractivity contribution in [3.05, 3.63) is 48.4 Å². The summed E-state index contributed by atoms with van der Waals surface area (Å²) >= 11 is 0. The highest BCUT2D eigenvalue weighted by atomic mass is 32.2. The first kappa shape index (κ1) is 14.2. The number of aromatic nitrogens is 2. The van der Waals surface area contributed by atoms with Gasteiger partial charge in [-0.2, -0.15) is 4.31 Å². The van der Waals surface area contributed by atoms with Crippen LogP contribution < -0.4 is 0 Å². The van der Waals surface area contributed by atoms with Crippen molar-refractivity contribution < 1.29 is 8.42 Å². The minimum Gasteiger partial charge on any atom is -0.335 e. The van der Waals surface area contributed by atoms with E-state index in [2.05, 4.69) is 14.9 Å². The van der Waals surface area contributed by atoms with Gasteiger partial charge in [0.2, 0.25) is 0 Å². The van der Waals surface area contributed by atoms with Crippen LogP contribution in [0.2, 0.25) is 0 Å². The molecule has 1 saturated heterocycles. The number of sulfonamides is 1. The zero-order chi connectivity index (χ0) is 14.9. The first-order valence-corrected chi connectivity index (χ1v) is 8.27. The summed E-state index contributed by atoms with van der Waals surface area (Å²) in [6.45, 7) is 1.87. The van der Waals surface area contributed by atoms with Crippen LogP contribution in [0.25, 0.3) is 0 Å². The number of likely N-dealkylation sites (N-methyl/N-ethyl adjacent to an activating group) is 1. The second-order valence-electron chi connectivity index (χ2n) is 5.22. The average molecular weight is 306 g/mol. The van der Waals surface area contributed by atoms with E-state index >= 15 is 0 Å².